The Bertz CT molecular complexity index is 1750. The number of rotatable bonds is 8. The quantitative estimate of drug-likeness (QED) is 0.0706. The smallest absolute Gasteiger partial charge is 0.337 e. The summed E-state index contributed by atoms with van der Waals surface area (Å²) in [5.41, 5.74) is 5.37. The molecule has 10 nitrogen and oxygen atoms in total. The predicted octanol–water partition coefficient (Wildman–Crippen LogP) is 9.18. The molecule has 0 aliphatic heterocycles. The highest BCUT2D eigenvalue weighted by atomic mass is 35.5. The van der Waals surface area contributed by atoms with Gasteiger partial charge in [0.1, 0.15) is 11.5 Å². The Labute approximate surface area is 297 Å². The second-order valence-corrected chi connectivity index (χ2v) is 11.8. The van der Waals surface area contributed by atoms with Crippen LogP contribution in [-0.2, 0) is 4.74 Å². The lowest BCUT2D eigenvalue weighted by Crippen LogP contribution is -2.01. The van der Waals surface area contributed by atoms with Crippen molar-refractivity contribution >= 4 is 35.1 Å². The standard InChI is InChI=1S/C18H17ClO3.C17H15ClO3.2CH4.H4N4/c1-21-13-6-7-14(17(19)9-13)16-10-15(16)11-4-3-5-12(8-11)18(20)22-2;1-21-12-5-6-13(16(18)8-12)15-9-14(15)10-3-2-4-11(7-10)17(19)20;;;1-3-4-2/h3-9,15-16H,10H2,1-2H3;2-8,14-15H,9H2,1H3,(H,19,20);2*1H4;(H2,1,4)(H2,2,3)/t15-,16-;14-,15-;;;/m11.../s1. The number of aromatic carboxylic acids is 1. The number of carbonyl (C=O) groups excluding carboxylic acids is 1. The Morgan fingerprint density at radius 3 is 1.47 bits per heavy atom. The van der Waals surface area contributed by atoms with E-state index in [0.29, 0.717) is 39.8 Å². The van der Waals surface area contributed by atoms with E-state index >= 15 is 0 Å². The van der Waals surface area contributed by atoms with Crippen molar-refractivity contribution in [3.63, 3.8) is 0 Å². The van der Waals surface area contributed by atoms with Gasteiger partial charge in [-0.3, -0.25) is 0 Å². The normalized spacial score (nSPS) is 18.1. The Morgan fingerprint density at radius 1 is 0.673 bits per heavy atom. The van der Waals surface area contributed by atoms with Gasteiger partial charge in [0.05, 0.1) is 32.5 Å². The maximum atomic E-state index is 11.6. The first-order valence-corrected chi connectivity index (χ1v) is 15.4. The largest absolute Gasteiger partial charge is 0.497 e. The van der Waals surface area contributed by atoms with E-state index in [9.17, 15) is 9.59 Å². The van der Waals surface area contributed by atoms with Gasteiger partial charge < -0.3 is 31.0 Å². The first-order chi connectivity index (χ1) is 22.6. The Kier molecular flexibility index (Phi) is 15.4. The van der Waals surface area contributed by atoms with E-state index in [0.717, 1.165) is 51.6 Å². The molecule has 0 unspecified atom stereocenters. The summed E-state index contributed by atoms with van der Waals surface area (Å²) in [4.78, 5) is 22.7. The van der Waals surface area contributed by atoms with Crippen LogP contribution in [0, 0.1) is 0 Å². The van der Waals surface area contributed by atoms with Crippen LogP contribution in [0.1, 0.15) is 94.3 Å². The van der Waals surface area contributed by atoms with E-state index in [1.54, 1.807) is 38.5 Å². The Hall–Kier alpha value is -4.80. The van der Waals surface area contributed by atoms with Gasteiger partial charge >= 0.3 is 11.9 Å². The Balaban J connectivity index is 0.000000296. The van der Waals surface area contributed by atoms with Crippen molar-refractivity contribution in [3.8, 4) is 11.5 Å². The molecule has 0 bridgehead atoms. The molecule has 4 atom stereocenters. The summed E-state index contributed by atoms with van der Waals surface area (Å²) >= 11 is 12.6. The van der Waals surface area contributed by atoms with E-state index in [2.05, 4.69) is 28.2 Å². The van der Waals surface area contributed by atoms with Gasteiger partial charge in [0.2, 0.25) is 0 Å². The van der Waals surface area contributed by atoms with Crippen LogP contribution in [0.25, 0.3) is 0 Å². The second kappa shape index (κ2) is 18.7. The highest BCUT2D eigenvalue weighted by Gasteiger charge is 2.41. The average Bonchev–Trinajstić information content (AvgIpc) is 4.04. The molecule has 2 aliphatic rings. The molecule has 262 valence electrons. The lowest BCUT2D eigenvalue weighted by molar-refractivity contribution is 0.0599. The average molecular weight is 712 g/mol. The fraction of sp³-hybridized carbons (Fsp3) is 0.297. The number of nitrogens with zero attached hydrogens (tertiary/aromatic N) is 2. The number of nitrogens with two attached hydrogens (primary N) is 2. The molecule has 49 heavy (non-hydrogen) atoms. The molecule has 0 aromatic heterocycles. The zero-order valence-corrected chi connectivity index (χ0v) is 27.6. The minimum atomic E-state index is -0.892. The number of hydrogen-bond acceptors (Lipinski definition) is 7. The predicted molar refractivity (Wildman–Crippen MR) is 194 cm³/mol. The fourth-order valence-corrected chi connectivity index (χ4v) is 6.22. The number of benzene rings is 4. The summed E-state index contributed by atoms with van der Waals surface area (Å²) in [5.74, 6) is 10.5. The van der Waals surface area contributed by atoms with Gasteiger partial charge in [-0.25, -0.2) is 9.59 Å². The van der Waals surface area contributed by atoms with Crippen molar-refractivity contribution in [1.82, 2.24) is 0 Å². The molecule has 12 heteroatoms. The van der Waals surface area contributed by atoms with Gasteiger partial charge in [-0.1, -0.05) is 84.9 Å². The molecule has 5 N–H and O–H groups in total. The van der Waals surface area contributed by atoms with Crippen LogP contribution in [0.15, 0.2) is 95.4 Å². The molecule has 6 rings (SSSR count). The van der Waals surface area contributed by atoms with Crippen molar-refractivity contribution in [2.45, 2.75) is 51.4 Å². The SMILES string of the molecule is C.C.COC(=O)c1cccc([C@H]2C[C@@H]2c2ccc(OC)cc2Cl)c1.COc1ccc([C@H]2C[C@@H]2c2cccc(C(=O)O)c2)c(Cl)c1.N/N=N/N. The van der Waals surface area contributed by atoms with Crippen molar-refractivity contribution in [2.24, 2.45) is 22.1 Å². The Morgan fingerprint density at radius 2 is 1.10 bits per heavy atom. The third-order valence-corrected chi connectivity index (χ3v) is 8.81. The summed E-state index contributed by atoms with van der Waals surface area (Å²) in [6, 6.07) is 26.3. The number of halogens is 2. The number of carbonyl (C=O) groups is 2. The van der Waals surface area contributed by atoms with Crippen molar-refractivity contribution in [1.29, 1.82) is 0 Å². The molecule has 0 saturated heterocycles. The van der Waals surface area contributed by atoms with Crippen LogP contribution in [-0.4, -0.2) is 38.4 Å². The minimum absolute atomic E-state index is 0. The summed E-state index contributed by atoms with van der Waals surface area (Å²) in [6.45, 7) is 0. The van der Waals surface area contributed by atoms with E-state index in [1.807, 2.05) is 54.6 Å². The third-order valence-electron chi connectivity index (χ3n) is 8.16. The van der Waals surface area contributed by atoms with Gasteiger partial charge in [0.15, 0.2) is 0 Å². The van der Waals surface area contributed by atoms with Crippen LogP contribution in [0.3, 0.4) is 0 Å². The zero-order chi connectivity index (χ0) is 34.1. The van der Waals surface area contributed by atoms with Gasteiger partial charge in [0, 0.05) is 10.0 Å². The lowest BCUT2D eigenvalue weighted by atomic mass is 10.0. The molecule has 2 aliphatic carbocycles. The molecule has 2 saturated carbocycles. The molecule has 0 spiro atoms. The van der Waals surface area contributed by atoms with Crippen molar-refractivity contribution in [3.05, 3.63) is 128 Å². The number of carboxylic acids is 1. The van der Waals surface area contributed by atoms with Crippen molar-refractivity contribution in [2.75, 3.05) is 21.3 Å². The number of ether oxygens (including phenoxy) is 3. The van der Waals surface area contributed by atoms with E-state index in [1.165, 1.54) is 7.11 Å². The highest BCUT2D eigenvalue weighted by Crippen LogP contribution is 2.57. The van der Waals surface area contributed by atoms with Crippen LogP contribution in [0.4, 0.5) is 0 Å². The van der Waals surface area contributed by atoms with E-state index in [-0.39, 0.29) is 20.8 Å². The van der Waals surface area contributed by atoms with Crippen LogP contribution in [0.5, 0.6) is 11.5 Å². The first-order valence-electron chi connectivity index (χ1n) is 14.6. The summed E-state index contributed by atoms with van der Waals surface area (Å²) in [6.07, 6.45) is 2.03. The van der Waals surface area contributed by atoms with Gasteiger partial charge in [-0.05, 0) is 107 Å². The number of carboxylic acid groups (broad SMARTS) is 1. The van der Waals surface area contributed by atoms with E-state index < -0.39 is 5.97 Å². The summed E-state index contributed by atoms with van der Waals surface area (Å²) in [7, 11) is 4.64. The lowest BCUT2D eigenvalue weighted by Gasteiger charge is -2.07. The third kappa shape index (κ3) is 10.3. The maximum Gasteiger partial charge on any atom is 0.337 e. The van der Waals surface area contributed by atoms with Crippen molar-refractivity contribution < 1.29 is 28.9 Å². The van der Waals surface area contributed by atoms with E-state index in [4.69, 9.17) is 42.5 Å². The van der Waals surface area contributed by atoms with Crippen LogP contribution in [0.2, 0.25) is 10.0 Å². The van der Waals surface area contributed by atoms with Gasteiger partial charge in [-0.15, -0.1) is 0 Å². The minimum Gasteiger partial charge on any atom is -0.497 e. The molecule has 0 amide bonds. The summed E-state index contributed by atoms with van der Waals surface area (Å²) < 4.78 is 15.1. The van der Waals surface area contributed by atoms with Crippen LogP contribution < -0.4 is 21.2 Å². The molecule has 4 aromatic carbocycles. The topological polar surface area (TPSA) is 159 Å². The molecular weight excluding hydrogens is 667 g/mol. The van der Waals surface area contributed by atoms with Crippen LogP contribution >= 0.6 is 23.2 Å². The zero-order valence-electron chi connectivity index (χ0n) is 26.1. The summed E-state index contributed by atoms with van der Waals surface area (Å²) in [5, 5.41) is 15.8. The first kappa shape index (κ1) is 40.4. The second-order valence-electron chi connectivity index (χ2n) is 11.0. The monoisotopic (exact) mass is 710 g/mol. The highest BCUT2D eigenvalue weighted by molar-refractivity contribution is 6.32. The number of hydrogen-bond donors (Lipinski definition) is 3. The molecule has 4 aromatic rings. The number of methoxy groups -OCH3 is 3. The maximum absolute atomic E-state index is 11.6. The van der Waals surface area contributed by atoms with Gasteiger partial charge in [-0.2, -0.15) is 0 Å². The molecule has 2 fully saturated rings. The molecule has 0 radical (unpaired) electrons. The fourth-order valence-electron chi connectivity index (χ4n) is 5.60. The molecular formula is C37H44Cl2N4O6. The van der Waals surface area contributed by atoms with Gasteiger partial charge in [0.25, 0.3) is 0 Å². The number of esters is 1. The molecule has 0 heterocycles.